The first-order valence-electron chi connectivity index (χ1n) is 9.88. The number of hydrogen-bond donors (Lipinski definition) is 0. The maximum Gasteiger partial charge on any atom is 0.284 e. The topological polar surface area (TPSA) is 125 Å². The van der Waals surface area contributed by atoms with Gasteiger partial charge < -0.3 is 4.57 Å². The van der Waals surface area contributed by atoms with Crippen molar-refractivity contribution in [3.05, 3.63) is 75.6 Å². The lowest BCUT2D eigenvalue weighted by Gasteiger charge is -2.08. The summed E-state index contributed by atoms with van der Waals surface area (Å²) in [7, 11) is -1.23. The number of carbonyl (C=O) groups excluding carboxylic acids is 1. The van der Waals surface area contributed by atoms with Gasteiger partial charge in [-0.25, -0.2) is 8.42 Å². The van der Waals surface area contributed by atoms with E-state index in [2.05, 4.69) is 10.2 Å². The van der Waals surface area contributed by atoms with Crippen LogP contribution in [0.25, 0.3) is 0 Å². The average Bonchev–Trinajstić information content (AvgIpc) is 3.30. The van der Waals surface area contributed by atoms with Crippen molar-refractivity contribution in [2.75, 3.05) is 11.5 Å². The molecule has 1 unspecified atom stereocenters. The highest BCUT2D eigenvalue weighted by atomic mass is 32.2. The lowest BCUT2D eigenvalue weighted by Crippen LogP contribution is -2.11. The van der Waals surface area contributed by atoms with Gasteiger partial charge in [0.15, 0.2) is 20.8 Å². The van der Waals surface area contributed by atoms with Crippen LogP contribution in [-0.2, 0) is 23.3 Å². The zero-order valence-electron chi connectivity index (χ0n) is 17.2. The van der Waals surface area contributed by atoms with Gasteiger partial charge in [-0.15, -0.1) is 10.2 Å². The van der Waals surface area contributed by atoms with Gasteiger partial charge in [0.25, 0.3) is 5.69 Å². The number of nitrogens with zero attached hydrogens (tertiary/aromatic N) is 4. The Morgan fingerprint density at radius 3 is 2.59 bits per heavy atom. The van der Waals surface area contributed by atoms with Gasteiger partial charge in [-0.3, -0.25) is 14.9 Å². The van der Waals surface area contributed by atoms with E-state index in [1.54, 1.807) is 48.0 Å². The Hall–Kier alpha value is -3.05. The maximum atomic E-state index is 12.7. The molecule has 0 amide bonds. The van der Waals surface area contributed by atoms with Gasteiger partial charge in [0.1, 0.15) is 5.82 Å². The second kappa shape index (κ2) is 8.83. The number of ketones is 1. The first-order chi connectivity index (χ1) is 15.2. The average molecular weight is 473 g/mol. The van der Waals surface area contributed by atoms with Gasteiger partial charge in [-0.05, 0) is 36.2 Å². The van der Waals surface area contributed by atoms with Gasteiger partial charge in [0.2, 0.25) is 0 Å². The fourth-order valence-corrected chi connectivity index (χ4v) is 6.40. The van der Waals surface area contributed by atoms with Crippen LogP contribution < -0.4 is 0 Å². The molecule has 0 bridgehead atoms. The van der Waals surface area contributed by atoms with E-state index >= 15 is 0 Å². The number of benzene rings is 2. The van der Waals surface area contributed by atoms with Crippen LogP contribution in [0.15, 0.2) is 58.6 Å². The fourth-order valence-electron chi connectivity index (χ4n) is 3.65. The van der Waals surface area contributed by atoms with E-state index in [1.165, 1.54) is 12.1 Å². The van der Waals surface area contributed by atoms with Crippen LogP contribution in [0, 0.1) is 16.0 Å². The predicted molar refractivity (Wildman–Crippen MR) is 119 cm³/mol. The molecular weight excluding hydrogens is 452 g/mol. The van der Waals surface area contributed by atoms with Crippen LogP contribution >= 0.6 is 11.8 Å². The second-order valence-electron chi connectivity index (χ2n) is 7.67. The van der Waals surface area contributed by atoms with Crippen molar-refractivity contribution in [1.29, 1.82) is 0 Å². The van der Waals surface area contributed by atoms with Crippen LogP contribution in [-0.4, -0.2) is 45.4 Å². The molecule has 1 saturated heterocycles. The van der Waals surface area contributed by atoms with E-state index < -0.39 is 14.8 Å². The van der Waals surface area contributed by atoms with Crippen LogP contribution in [0.3, 0.4) is 0 Å². The molecule has 4 rings (SSSR count). The Kier molecular flexibility index (Phi) is 6.11. The number of nitro benzene ring substituents is 1. The van der Waals surface area contributed by atoms with Gasteiger partial charge >= 0.3 is 0 Å². The Morgan fingerprint density at radius 2 is 1.94 bits per heavy atom. The SMILES string of the molecule is Cn1c(CC2CCS(=O)(=O)C2)nnc1Sc1ccc(C(=O)c2ccccc2)cc1[N+](=O)[O-]. The van der Waals surface area contributed by atoms with Crippen LogP contribution in [0.1, 0.15) is 28.2 Å². The van der Waals surface area contributed by atoms with Crippen molar-refractivity contribution in [2.45, 2.75) is 22.9 Å². The third-order valence-electron chi connectivity index (χ3n) is 5.38. The highest BCUT2D eigenvalue weighted by molar-refractivity contribution is 7.99. The number of aromatic nitrogens is 3. The van der Waals surface area contributed by atoms with E-state index in [4.69, 9.17) is 0 Å². The summed E-state index contributed by atoms with van der Waals surface area (Å²) in [6.07, 6.45) is 1.08. The molecule has 1 atom stereocenters. The molecule has 166 valence electrons. The molecule has 0 N–H and O–H groups in total. The highest BCUT2D eigenvalue weighted by Gasteiger charge is 2.29. The van der Waals surface area contributed by atoms with Gasteiger partial charge in [-0.2, -0.15) is 0 Å². The summed E-state index contributed by atoms with van der Waals surface area (Å²) in [5.74, 6) is 0.673. The maximum absolute atomic E-state index is 12.7. The van der Waals surface area contributed by atoms with Crippen molar-refractivity contribution in [3.63, 3.8) is 0 Å². The van der Waals surface area contributed by atoms with E-state index in [1.807, 2.05) is 0 Å². The molecule has 2 heterocycles. The molecule has 0 spiro atoms. The van der Waals surface area contributed by atoms with Crippen LogP contribution in [0.4, 0.5) is 5.69 Å². The summed E-state index contributed by atoms with van der Waals surface area (Å²) in [5, 5.41) is 20.4. The molecule has 0 saturated carbocycles. The summed E-state index contributed by atoms with van der Waals surface area (Å²) in [6.45, 7) is 0. The lowest BCUT2D eigenvalue weighted by atomic mass is 10.0. The van der Waals surface area contributed by atoms with Gasteiger partial charge in [0.05, 0.1) is 21.3 Å². The smallest absolute Gasteiger partial charge is 0.284 e. The monoisotopic (exact) mass is 472 g/mol. The zero-order chi connectivity index (χ0) is 22.9. The number of rotatable bonds is 7. The number of sulfone groups is 1. The van der Waals surface area contributed by atoms with Crippen LogP contribution in [0.2, 0.25) is 0 Å². The highest BCUT2D eigenvalue weighted by Crippen LogP contribution is 2.35. The normalized spacial score (nSPS) is 17.3. The quantitative estimate of drug-likeness (QED) is 0.292. The van der Waals surface area contributed by atoms with Crippen molar-refractivity contribution in [1.82, 2.24) is 14.8 Å². The minimum absolute atomic E-state index is 0.00151. The first-order valence-corrected chi connectivity index (χ1v) is 12.5. The molecule has 1 fully saturated rings. The Morgan fingerprint density at radius 1 is 1.19 bits per heavy atom. The molecule has 11 heteroatoms. The number of carbonyl (C=O) groups is 1. The zero-order valence-corrected chi connectivity index (χ0v) is 18.8. The summed E-state index contributed by atoms with van der Waals surface area (Å²) >= 11 is 1.08. The summed E-state index contributed by atoms with van der Waals surface area (Å²) in [6, 6.07) is 13.0. The Balaban J connectivity index is 1.56. The number of hydrogen-bond acceptors (Lipinski definition) is 8. The molecule has 0 radical (unpaired) electrons. The minimum Gasteiger partial charge on any atom is -0.309 e. The molecule has 2 aromatic carbocycles. The standard InChI is InChI=1S/C21H20N4O5S2/c1-24-19(11-14-9-10-32(29,30)13-14)22-23-21(24)31-18-8-7-16(12-17(18)25(27)28)20(26)15-5-3-2-4-6-15/h2-8,12,14H,9-11,13H2,1H3. The van der Waals surface area contributed by atoms with Crippen LogP contribution in [0.5, 0.6) is 0 Å². The van der Waals surface area contributed by atoms with Gasteiger partial charge in [-0.1, -0.05) is 30.3 Å². The second-order valence-corrected chi connectivity index (χ2v) is 10.9. The molecule has 32 heavy (non-hydrogen) atoms. The van der Waals surface area contributed by atoms with E-state index in [0.717, 1.165) is 11.8 Å². The first kappa shape index (κ1) is 22.2. The Bertz CT molecular complexity index is 1290. The third-order valence-corrected chi connectivity index (χ3v) is 8.32. The molecule has 1 aliphatic heterocycles. The van der Waals surface area contributed by atoms with Crippen molar-refractivity contribution < 1.29 is 18.1 Å². The molecule has 9 nitrogen and oxygen atoms in total. The minimum atomic E-state index is -2.98. The summed E-state index contributed by atoms with van der Waals surface area (Å²) in [5.41, 5.74) is 0.491. The van der Waals surface area contributed by atoms with Gasteiger partial charge in [0, 0.05) is 30.7 Å². The molecule has 3 aromatic rings. The molecule has 1 aliphatic rings. The third kappa shape index (κ3) is 4.73. The predicted octanol–water partition coefficient (Wildman–Crippen LogP) is 3.08. The van der Waals surface area contributed by atoms with Crippen molar-refractivity contribution in [3.8, 4) is 0 Å². The van der Waals surface area contributed by atoms with E-state index in [0.29, 0.717) is 34.3 Å². The van der Waals surface area contributed by atoms with E-state index in [9.17, 15) is 23.3 Å². The molecule has 0 aliphatic carbocycles. The summed E-state index contributed by atoms with van der Waals surface area (Å²) in [4.78, 5) is 24.2. The molecule has 1 aromatic heterocycles. The summed E-state index contributed by atoms with van der Waals surface area (Å²) < 4.78 is 25.1. The fraction of sp³-hybridized carbons (Fsp3) is 0.286. The van der Waals surface area contributed by atoms with Crippen molar-refractivity contribution >= 4 is 33.1 Å². The lowest BCUT2D eigenvalue weighted by molar-refractivity contribution is -0.387. The number of nitro groups is 1. The van der Waals surface area contributed by atoms with E-state index in [-0.39, 0.29) is 34.5 Å². The Labute approximate surface area is 188 Å². The largest absolute Gasteiger partial charge is 0.309 e. The van der Waals surface area contributed by atoms with Crippen molar-refractivity contribution in [2.24, 2.45) is 13.0 Å². The molecular formula is C21H20N4O5S2.